The fourth-order valence-electron chi connectivity index (χ4n) is 3.72. The Morgan fingerprint density at radius 3 is 2.31 bits per heavy atom. The third kappa shape index (κ3) is 3.87. The zero-order valence-corrected chi connectivity index (χ0v) is 18.6. The van der Waals surface area contributed by atoms with Crippen LogP contribution in [0.25, 0.3) is 10.9 Å². The summed E-state index contributed by atoms with van der Waals surface area (Å²) in [7, 11) is 3.13. The molecule has 0 fully saturated rings. The highest BCUT2D eigenvalue weighted by atomic mass is 32.2. The molecule has 2 aromatic carbocycles. The molecular weight excluding hydrogens is 426 g/mol. The van der Waals surface area contributed by atoms with Gasteiger partial charge >= 0.3 is 0 Å². The van der Waals surface area contributed by atoms with Crippen LogP contribution < -0.4 is 9.47 Å². The number of carbonyl (C=O) groups is 2. The van der Waals surface area contributed by atoms with E-state index in [4.69, 9.17) is 9.47 Å². The molecule has 2 amide bonds. The van der Waals surface area contributed by atoms with Crippen molar-refractivity contribution in [1.29, 1.82) is 5.26 Å². The van der Waals surface area contributed by atoms with Gasteiger partial charge in [-0.05, 0) is 36.8 Å². The van der Waals surface area contributed by atoms with E-state index in [1.807, 2.05) is 6.07 Å². The standard InChI is InChI=1S/C24H21N3O4S/c1-30-20-11-18-19(12-21(20)31-2)26-14-15(13-25)22(18)32-10-6-5-9-27-23(28)16-7-3-4-8-17(16)24(27)29/h3-4,7-8,11-12,14H,5-6,9-10H2,1-2H3. The molecule has 3 aromatic rings. The molecule has 162 valence electrons. The molecule has 7 nitrogen and oxygen atoms in total. The lowest BCUT2D eigenvalue weighted by Crippen LogP contribution is -2.30. The van der Waals surface area contributed by atoms with Crippen LogP contribution in [0.4, 0.5) is 0 Å². The van der Waals surface area contributed by atoms with Crippen LogP contribution >= 0.6 is 11.8 Å². The minimum Gasteiger partial charge on any atom is -0.493 e. The highest BCUT2D eigenvalue weighted by Crippen LogP contribution is 2.37. The number of pyridine rings is 1. The summed E-state index contributed by atoms with van der Waals surface area (Å²) in [4.78, 5) is 31.5. The number of ether oxygens (including phenoxy) is 2. The number of hydrogen-bond donors (Lipinski definition) is 0. The van der Waals surface area contributed by atoms with Gasteiger partial charge in [-0.3, -0.25) is 19.5 Å². The van der Waals surface area contributed by atoms with Crippen molar-refractivity contribution in [2.24, 2.45) is 0 Å². The van der Waals surface area contributed by atoms with Gasteiger partial charge in [0, 0.05) is 29.1 Å². The summed E-state index contributed by atoms with van der Waals surface area (Å²) in [5.41, 5.74) is 2.15. The average Bonchev–Trinajstić information content (AvgIpc) is 3.07. The molecule has 0 saturated carbocycles. The largest absolute Gasteiger partial charge is 0.493 e. The number of benzene rings is 2. The van der Waals surface area contributed by atoms with E-state index in [0.29, 0.717) is 41.2 Å². The molecule has 0 N–H and O–H groups in total. The number of nitrogens with zero attached hydrogens (tertiary/aromatic N) is 3. The van der Waals surface area contributed by atoms with E-state index in [9.17, 15) is 14.9 Å². The molecule has 0 radical (unpaired) electrons. The van der Waals surface area contributed by atoms with Crippen LogP contribution in [0.2, 0.25) is 0 Å². The van der Waals surface area contributed by atoms with E-state index in [1.165, 1.54) is 4.90 Å². The second-order valence-corrected chi connectivity index (χ2v) is 8.31. The summed E-state index contributed by atoms with van der Waals surface area (Å²) in [5, 5.41) is 10.4. The zero-order valence-electron chi connectivity index (χ0n) is 17.8. The number of hydrogen-bond acceptors (Lipinski definition) is 7. The van der Waals surface area contributed by atoms with E-state index in [-0.39, 0.29) is 11.8 Å². The molecule has 0 atom stereocenters. The van der Waals surface area contributed by atoms with Crippen LogP contribution in [0.5, 0.6) is 11.5 Å². The smallest absolute Gasteiger partial charge is 0.261 e. The molecule has 0 spiro atoms. The molecule has 32 heavy (non-hydrogen) atoms. The van der Waals surface area contributed by atoms with Gasteiger partial charge < -0.3 is 9.47 Å². The summed E-state index contributed by atoms with van der Waals surface area (Å²) in [6.07, 6.45) is 3.02. The van der Waals surface area contributed by atoms with Crippen molar-refractivity contribution in [2.75, 3.05) is 26.5 Å². The summed E-state index contributed by atoms with van der Waals surface area (Å²) in [5.74, 6) is 1.42. The predicted octanol–water partition coefficient (Wildman–Crippen LogP) is 4.29. The average molecular weight is 448 g/mol. The second-order valence-electron chi connectivity index (χ2n) is 7.20. The summed E-state index contributed by atoms with van der Waals surface area (Å²) in [6, 6.07) is 12.7. The number of amides is 2. The van der Waals surface area contributed by atoms with E-state index < -0.39 is 0 Å². The van der Waals surface area contributed by atoms with Crippen molar-refractivity contribution in [3.8, 4) is 17.6 Å². The van der Waals surface area contributed by atoms with Crippen molar-refractivity contribution in [3.63, 3.8) is 0 Å². The first-order valence-corrected chi connectivity index (χ1v) is 11.1. The van der Waals surface area contributed by atoms with Gasteiger partial charge in [0.2, 0.25) is 0 Å². The van der Waals surface area contributed by atoms with E-state index in [1.54, 1.807) is 62.5 Å². The first-order chi connectivity index (χ1) is 15.6. The third-order valence-corrected chi connectivity index (χ3v) is 6.57. The fourth-order valence-corrected chi connectivity index (χ4v) is 4.84. The molecule has 0 saturated heterocycles. The third-order valence-electron chi connectivity index (χ3n) is 5.34. The number of thioether (sulfide) groups is 1. The second kappa shape index (κ2) is 9.28. The highest BCUT2D eigenvalue weighted by molar-refractivity contribution is 7.99. The topological polar surface area (TPSA) is 92.5 Å². The van der Waals surface area contributed by atoms with Crippen LogP contribution in [-0.4, -0.2) is 48.2 Å². The quantitative estimate of drug-likeness (QED) is 0.289. The molecule has 2 heterocycles. The van der Waals surface area contributed by atoms with Crippen molar-refractivity contribution in [3.05, 3.63) is 59.3 Å². The number of rotatable bonds is 8. The lowest BCUT2D eigenvalue weighted by Gasteiger charge is -2.14. The summed E-state index contributed by atoms with van der Waals surface area (Å²) in [6.45, 7) is 0.375. The molecule has 0 bridgehead atoms. The molecule has 8 heteroatoms. The number of unbranched alkanes of at least 4 members (excludes halogenated alkanes) is 1. The fraction of sp³-hybridized carbons (Fsp3) is 0.250. The van der Waals surface area contributed by atoms with Gasteiger partial charge in [0.15, 0.2) is 11.5 Å². The van der Waals surface area contributed by atoms with Gasteiger partial charge in [-0.15, -0.1) is 11.8 Å². The monoisotopic (exact) mass is 447 g/mol. The van der Waals surface area contributed by atoms with Crippen molar-refractivity contribution in [2.45, 2.75) is 17.7 Å². The number of aromatic nitrogens is 1. The number of carbonyl (C=O) groups excluding carboxylic acids is 2. The maximum absolute atomic E-state index is 12.5. The zero-order chi connectivity index (χ0) is 22.7. The van der Waals surface area contributed by atoms with E-state index in [2.05, 4.69) is 11.1 Å². The SMILES string of the molecule is COc1cc2ncc(C#N)c(SCCCCN3C(=O)c4ccccc4C3=O)c2cc1OC. The molecule has 1 aliphatic rings. The normalized spacial score (nSPS) is 12.7. The Labute approximate surface area is 189 Å². The van der Waals surface area contributed by atoms with E-state index >= 15 is 0 Å². The number of nitriles is 1. The van der Waals surface area contributed by atoms with Crippen LogP contribution in [0.3, 0.4) is 0 Å². The van der Waals surface area contributed by atoms with Crippen LogP contribution in [0.1, 0.15) is 39.1 Å². The number of fused-ring (bicyclic) bond motifs is 2. The van der Waals surface area contributed by atoms with Gasteiger partial charge in [0.25, 0.3) is 11.8 Å². The van der Waals surface area contributed by atoms with Gasteiger partial charge in [0.05, 0.1) is 36.4 Å². The van der Waals surface area contributed by atoms with Gasteiger partial charge in [-0.25, -0.2) is 0 Å². The maximum Gasteiger partial charge on any atom is 0.261 e. The van der Waals surface area contributed by atoms with E-state index in [0.717, 1.165) is 28.0 Å². The predicted molar refractivity (Wildman–Crippen MR) is 121 cm³/mol. The Kier molecular flexibility index (Phi) is 6.28. The molecule has 0 aliphatic carbocycles. The Bertz CT molecular complexity index is 1220. The van der Waals surface area contributed by atoms with Crippen LogP contribution in [0.15, 0.2) is 47.5 Å². The van der Waals surface area contributed by atoms with Crippen molar-refractivity contribution in [1.82, 2.24) is 9.88 Å². The number of methoxy groups -OCH3 is 2. The number of imide groups is 1. The lowest BCUT2D eigenvalue weighted by molar-refractivity contribution is 0.0652. The van der Waals surface area contributed by atoms with Gasteiger partial charge in [-0.1, -0.05) is 12.1 Å². The molecular formula is C24H21N3O4S. The van der Waals surface area contributed by atoms with Gasteiger partial charge in [-0.2, -0.15) is 5.26 Å². The summed E-state index contributed by atoms with van der Waals surface area (Å²) < 4.78 is 10.8. The molecule has 4 rings (SSSR count). The first kappa shape index (κ1) is 21.7. The minimum absolute atomic E-state index is 0.230. The Morgan fingerprint density at radius 2 is 1.69 bits per heavy atom. The minimum atomic E-state index is -0.230. The Hall–Kier alpha value is -3.57. The van der Waals surface area contributed by atoms with Crippen molar-refractivity contribution >= 4 is 34.5 Å². The first-order valence-electron chi connectivity index (χ1n) is 10.1. The van der Waals surface area contributed by atoms with Gasteiger partial charge in [0.1, 0.15) is 6.07 Å². The molecule has 1 aromatic heterocycles. The van der Waals surface area contributed by atoms with Crippen molar-refractivity contribution < 1.29 is 19.1 Å². The lowest BCUT2D eigenvalue weighted by atomic mass is 10.1. The Morgan fingerprint density at radius 1 is 1.03 bits per heavy atom. The molecule has 0 unspecified atom stereocenters. The summed E-state index contributed by atoms with van der Waals surface area (Å²) >= 11 is 1.56. The highest BCUT2D eigenvalue weighted by Gasteiger charge is 2.34. The Balaban J connectivity index is 1.43. The van der Waals surface area contributed by atoms with Crippen LogP contribution in [-0.2, 0) is 0 Å². The molecule has 1 aliphatic heterocycles. The maximum atomic E-state index is 12.5. The van der Waals surface area contributed by atoms with Crippen LogP contribution in [0, 0.1) is 11.3 Å².